The number of hydrogen-bond donors (Lipinski definition) is 2. The van der Waals surface area contributed by atoms with Crippen LogP contribution in [-0.2, 0) is 19.5 Å². The minimum absolute atomic E-state index is 0.177. The van der Waals surface area contributed by atoms with E-state index in [4.69, 9.17) is 10.5 Å². The number of aliphatic hydroxyl groups excluding tert-OH is 1. The number of unbranched alkanes of at least 4 members (excludes halogenated alkanes) is 1. The van der Waals surface area contributed by atoms with Gasteiger partial charge in [-0.15, -0.1) is 0 Å². The Balaban J connectivity index is 1.51. The molecule has 228 valence electrons. The highest BCUT2D eigenvalue weighted by Gasteiger charge is 2.46. The van der Waals surface area contributed by atoms with Gasteiger partial charge in [-0.25, -0.2) is 4.79 Å². The van der Waals surface area contributed by atoms with Gasteiger partial charge in [0.15, 0.2) is 0 Å². The number of aryl methyl sites for hydroxylation is 1. The van der Waals surface area contributed by atoms with Crippen LogP contribution in [0.3, 0.4) is 0 Å². The molecule has 1 saturated heterocycles. The van der Waals surface area contributed by atoms with Gasteiger partial charge in [0.2, 0.25) is 5.91 Å². The Hall–Kier alpha value is -4.62. The van der Waals surface area contributed by atoms with Crippen LogP contribution in [-0.4, -0.2) is 45.6 Å². The Morgan fingerprint density at radius 3 is 2.16 bits per heavy atom. The second-order valence-electron chi connectivity index (χ2n) is 11.4. The van der Waals surface area contributed by atoms with Crippen LogP contribution in [0.15, 0.2) is 109 Å². The summed E-state index contributed by atoms with van der Waals surface area (Å²) in [7, 11) is 0. The number of nitrogens with two attached hydrogens (primary N) is 1. The van der Waals surface area contributed by atoms with Crippen LogP contribution in [0.2, 0.25) is 0 Å². The van der Waals surface area contributed by atoms with Crippen LogP contribution < -0.4 is 10.5 Å². The normalized spacial score (nSPS) is 18.3. The maximum Gasteiger partial charge on any atom is 0.321 e. The van der Waals surface area contributed by atoms with Crippen molar-refractivity contribution in [2.24, 2.45) is 5.73 Å². The van der Waals surface area contributed by atoms with Crippen LogP contribution in [0, 0.1) is 0 Å². The Bertz CT molecular complexity index is 1530. The van der Waals surface area contributed by atoms with Crippen molar-refractivity contribution in [1.82, 2.24) is 9.80 Å². The fourth-order valence-corrected chi connectivity index (χ4v) is 5.95. The zero-order valence-electron chi connectivity index (χ0n) is 25.2. The van der Waals surface area contributed by atoms with E-state index in [0.717, 1.165) is 40.8 Å². The number of carbonyl (C=O) groups excluding carboxylic acids is 2. The lowest BCUT2D eigenvalue weighted by Gasteiger charge is -2.49. The first-order chi connectivity index (χ1) is 21.4. The number of amides is 3. The molecule has 1 aliphatic heterocycles. The Labute approximate surface area is 259 Å². The van der Waals surface area contributed by atoms with Gasteiger partial charge < -0.3 is 25.4 Å². The Kier molecular flexibility index (Phi) is 10.3. The number of hydrogen-bond acceptors (Lipinski definition) is 4. The molecule has 44 heavy (non-hydrogen) atoms. The van der Waals surface area contributed by atoms with E-state index < -0.39 is 24.1 Å². The van der Waals surface area contributed by atoms with Crippen molar-refractivity contribution in [3.05, 3.63) is 137 Å². The second-order valence-corrected chi connectivity index (χ2v) is 11.4. The highest BCUT2D eigenvalue weighted by atomic mass is 16.5. The summed E-state index contributed by atoms with van der Waals surface area (Å²) in [6, 6.07) is 33.5. The number of ether oxygens (including phenoxy) is 1. The molecule has 7 heteroatoms. The maximum atomic E-state index is 14.6. The van der Waals surface area contributed by atoms with E-state index in [9.17, 15) is 14.7 Å². The standard InChI is InChI=1S/C37H41N3O4/c1-2-3-22-44-32-19-11-15-29(24-32)25-39-33(21-20-27-12-6-4-7-13-27)35(41)34(30-16-8-5-9-17-30)40(37(39)43)26-28-14-10-18-31(23-28)36(38)42/h4-19,23-24,33-35,41H,2-3,20-22,25-26H2,1H3,(H2,38,42)/t33-,34?,35-/m1/s1. The van der Waals surface area contributed by atoms with Gasteiger partial charge in [-0.3, -0.25) is 4.79 Å². The van der Waals surface area contributed by atoms with Crippen molar-refractivity contribution >= 4 is 11.9 Å². The summed E-state index contributed by atoms with van der Waals surface area (Å²) in [6.45, 7) is 3.29. The van der Waals surface area contributed by atoms with Crippen molar-refractivity contribution in [1.29, 1.82) is 0 Å². The van der Waals surface area contributed by atoms with Gasteiger partial charge in [0.25, 0.3) is 0 Å². The van der Waals surface area contributed by atoms with E-state index in [0.29, 0.717) is 31.6 Å². The molecule has 0 spiro atoms. The third kappa shape index (κ3) is 7.47. The quantitative estimate of drug-likeness (QED) is 0.173. The molecular weight excluding hydrogens is 550 g/mol. The van der Waals surface area contributed by atoms with Crippen LogP contribution in [0.5, 0.6) is 5.75 Å². The first-order valence-electron chi connectivity index (χ1n) is 15.4. The predicted octanol–water partition coefficient (Wildman–Crippen LogP) is 6.51. The van der Waals surface area contributed by atoms with Gasteiger partial charge in [0, 0.05) is 18.7 Å². The van der Waals surface area contributed by atoms with Gasteiger partial charge in [-0.05, 0) is 65.8 Å². The van der Waals surface area contributed by atoms with Crippen LogP contribution >= 0.6 is 0 Å². The van der Waals surface area contributed by atoms with Crippen molar-refractivity contribution in [2.45, 2.75) is 63.9 Å². The average Bonchev–Trinajstić information content (AvgIpc) is 3.04. The third-order valence-corrected chi connectivity index (χ3v) is 8.24. The summed E-state index contributed by atoms with van der Waals surface area (Å²) in [4.78, 5) is 30.1. The third-order valence-electron chi connectivity index (χ3n) is 8.24. The summed E-state index contributed by atoms with van der Waals surface area (Å²) >= 11 is 0. The molecule has 3 N–H and O–H groups in total. The molecule has 1 fully saturated rings. The number of aliphatic hydroxyl groups is 1. The monoisotopic (exact) mass is 591 g/mol. The first kappa shape index (κ1) is 30.8. The van der Waals surface area contributed by atoms with E-state index in [1.54, 1.807) is 28.0 Å². The van der Waals surface area contributed by atoms with Gasteiger partial charge >= 0.3 is 6.03 Å². The molecule has 1 aliphatic rings. The fraction of sp³-hybridized carbons (Fsp3) is 0.297. The van der Waals surface area contributed by atoms with Crippen molar-refractivity contribution in [3.8, 4) is 5.75 Å². The van der Waals surface area contributed by atoms with Crippen LogP contribution in [0.1, 0.15) is 64.8 Å². The molecule has 4 aromatic rings. The molecule has 4 aromatic carbocycles. The summed E-state index contributed by atoms with van der Waals surface area (Å²) < 4.78 is 5.96. The number of benzene rings is 4. The number of nitrogens with zero attached hydrogens (tertiary/aromatic N) is 2. The van der Waals surface area contributed by atoms with Gasteiger partial charge in [0.05, 0.1) is 24.8 Å². The fourth-order valence-electron chi connectivity index (χ4n) is 5.95. The summed E-state index contributed by atoms with van der Waals surface area (Å²) in [5, 5.41) is 12.2. The molecule has 0 aliphatic carbocycles. The lowest BCUT2D eigenvalue weighted by Crippen LogP contribution is -2.61. The maximum absolute atomic E-state index is 14.6. The van der Waals surface area contributed by atoms with E-state index >= 15 is 0 Å². The zero-order valence-corrected chi connectivity index (χ0v) is 25.2. The number of carbonyl (C=O) groups is 2. The SMILES string of the molecule is CCCCOc1cccc(CN2C(=O)N(Cc3cccc(C(N)=O)c3)C(c3ccccc3)[C@H](O)[C@H]2CCc2ccccc2)c1. The van der Waals surface area contributed by atoms with Gasteiger partial charge in [0.1, 0.15) is 5.75 Å². The van der Waals surface area contributed by atoms with Crippen molar-refractivity contribution in [2.75, 3.05) is 6.61 Å². The molecule has 3 atom stereocenters. The predicted molar refractivity (Wildman–Crippen MR) is 172 cm³/mol. The average molecular weight is 592 g/mol. The molecule has 0 radical (unpaired) electrons. The molecule has 0 saturated carbocycles. The summed E-state index contributed by atoms with van der Waals surface area (Å²) in [5.41, 5.74) is 9.64. The van der Waals surface area contributed by atoms with Crippen LogP contribution in [0.25, 0.3) is 0 Å². The highest BCUT2D eigenvalue weighted by molar-refractivity contribution is 5.92. The van der Waals surface area contributed by atoms with Crippen LogP contribution in [0.4, 0.5) is 4.79 Å². The topological polar surface area (TPSA) is 96.1 Å². The largest absolute Gasteiger partial charge is 0.494 e. The van der Waals surface area contributed by atoms with E-state index in [1.165, 1.54) is 0 Å². The molecule has 3 amide bonds. The van der Waals surface area contributed by atoms with Gasteiger partial charge in [-0.2, -0.15) is 0 Å². The van der Waals surface area contributed by atoms with E-state index in [-0.39, 0.29) is 12.6 Å². The molecule has 0 aromatic heterocycles. The highest BCUT2D eigenvalue weighted by Crippen LogP contribution is 2.37. The van der Waals surface area contributed by atoms with Gasteiger partial charge in [-0.1, -0.05) is 98.3 Å². The molecule has 1 unspecified atom stereocenters. The minimum Gasteiger partial charge on any atom is -0.494 e. The number of urea groups is 1. The second kappa shape index (κ2) is 14.7. The Morgan fingerprint density at radius 1 is 0.818 bits per heavy atom. The number of primary amides is 1. The van der Waals surface area contributed by atoms with Crippen molar-refractivity contribution in [3.63, 3.8) is 0 Å². The smallest absolute Gasteiger partial charge is 0.321 e. The molecule has 7 nitrogen and oxygen atoms in total. The number of rotatable bonds is 13. The van der Waals surface area contributed by atoms with Crippen molar-refractivity contribution < 1.29 is 19.4 Å². The molecule has 1 heterocycles. The molecule has 5 rings (SSSR count). The Morgan fingerprint density at radius 2 is 1.45 bits per heavy atom. The van der Waals surface area contributed by atoms with E-state index in [2.05, 4.69) is 19.1 Å². The zero-order chi connectivity index (χ0) is 30.9. The summed E-state index contributed by atoms with van der Waals surface area (Å²) in [6.07, 6.45) is 2.45. The lowest BCUT2D eigenvalue weighted by atomic mass is 9.87. The van der Waals surface area contributed by atoms with E-state index in [1.807, 2.05) is 78.9 Å². The minimum atomic E-state index is -0.873. The molecular formula is C37H41N3O4. The summed E-state index contributed by atoms with van der Waals surface area (Å²) in [5.74, 6) is 0.240. The first-order valence-corrected chi connectivity index (χ1v) is 15.4. The lowest BCUT2D eigenvalue weighted by molar-refractivity contribution is -0.0470. The molecule has 0 bridgehead atoms.